The minimum absolute atomic E-state index is 0.126. The van der Waals surface area contributed by atoms with Gasteiger partial charge in [0.2, 0.25) is 0 Å². The monoisotopic (exact) mass is 402 g/mol. The van der Waals surface area contributed by atoms with E-state index in [0.29, 0.717) is 25.2 Å². The van der Waals surface area contributed by atoms with E-state index in [1.165, 1.54) is 5.56 Å². The van der Waals surface area contributed by atoms with Gasteiger partial charge in [-0.05, 0) is 39.8 Å². The Labute approximate surface area is 175 Å². The smallest absolute Gasteiger partial charge is 0.252 e. The first-order valence-electron chi connectivity index (χ1n) is 10.2. The number of carbonyl (C=O) groups is 1. The van der Waals surface area contributed by atoms with Gasteiger partial charge in [-0.1, -0.05) is 29.8 Å². The molecular weight excluding hydrogens is 376 g/mol. The highest BCUT2D eigenvalue weighted by Gasteiger charge is 2.19. The van der Waals surface area contributed by atoms with Gasteiger partial charge in [0.25, 0.3) is 5.91 Å². The second-order valence-corrected chi connectivity index (χ2v) is 7.47. The third kappa shape index (κ3) is 3.70. The average Bonchev–Trinajstić information content (AvgIpc) is 3.30. The Bertz CT molecular complexity index is 1200. The van der Waals surface area contributed by atoms with Crippen molar-refractivity contribution in [1.29, 1.82) is 0 Å². The number of carbonyl (C=O) groups excluding carboxylic acids is 1. The van der Waals surface area contributed by atoms with Gasteiger partial charge in [0.15, 0.2) is 5.65 Å². The van der Waals surface area contributed by atoms with Crippen LogP contribution in [-0.4, -0.2) is 37.0 Å². The van der Waals surface area contributed by atoms with Gasteiger partial charge in [-0.2, -0.15) is 10.2 Å². The number of amides is 1. The molecule has 3 aromatic heterocycles. The van der Waals surface area contributed by atoms with Crippen LogP contribution in [0.4, 0.5) is 0 Å². The van der Waals surface area contributed by atoms with Crippen molar-refractivity contribution in [2.45, 2.75) is 40.8 Å². The first-order chi connectivity index (χ1) is 14.5. The minimum atomic E-state index is -0.126. The van der Waals surface area contributed by atoms with E-state index in [4.69, 9.17) is 4.98 Å². The van der Waals surface area contributed by atoms with Gasteiger partial charge in [0.05, 0.1) is 28.9 Å². The second-order valence-electron chi connectivity index (χ2n) is 7.47. The zero-order valence-electron chi connectivity index (χ0n) is 17.8. The number of aryl methyl sites for hydroxylation is 4. The van der Waals surface area contributed by atoms with Crippen molar-refractivity contribution < 1.29 is 4.79 Å². The zero-order chi connectivity index (χ0) is 21.3. The minimum Gasteiger partial charge on any atom is -0.350 e. The van der Waals surface area contributed by atoms with Crippen LogP contribution in [0, 0.1) is 20.8 Å². The topological polar surface area (TPSA) is 77.6 Å². The molecule has 1 N–H and O–H groups in total. The van der Waals surface area contributed by atoms with Crippen LogP contribution in [0.15, 0.2) is 42.6 Å². The number of nitrogens with one attached hydrogen (secondary N) is 1. The summed E-state index contributed by atoms with van der Waals surface area (Å²) in [7, 11) is 0. The van der Waals surface area contributed by atoms with Gasteiger partial charge in [0, 0.05) is 30.5 Å². The number of benzene rings is 1. The van der Waals surface area contributed by atoms with E-state index in [1.54, 1.807) is 6.20 Å². The Hall–Kier alpha value is -3.48. The second kappa shape index (κ2) is 8.10. The van der Waals surface area contributed by atoms with Crippen LogP contribution in [-0.2, 0) is 13.1 Å². The molecule has 0 aliphatic rings. The van der Waals surface area contributed by atoms with Gasteiger partial charge in [-0.15, -0.1) is 0 Å². The molecule has 4 rings (SSSR count). The van der Waals surface area contributed by atoms with E-state index in [2.05, 4.69) is 34.6 Å². The van der Waals surface area contributed by atoms with E-state index in [0.717, 1.165) is 33.7 Å². The summed E-state index contributed by atoms with van der Waals surface area (Å²) in [6, 6.07) is 12.0. The van der Waals surface area contributed by atoms with Crippen molar-refractivity contribution in [3.8, 4) is 11.3 Å². The average molecular weight is 403 g/mol. The van der Waals surface area contributed by atoms with Gasteiger partial charge in [-0.3, -0.25) is 9.48 Å². The highest BCUT2D eigenvalue weighted by atomic mass is 16.1. The van der Waals surface area contributed by atoms with Crippen molar-refractivity contribution in [3.05, 3.63) is 65.1 Å². The summed E-state index contributed by atoms with van der Waals surface area (Å²) in [4.78, 5) is 18.0. The Morgan fingerprint density at radius 3 is 2.50 bits per heavy atom. The largest absolute Gasteiger partial charge is 0.350 e. The van der Waals surface area contributed by atoms with Crippen LogP contribution >= 0.6 is 0 Å². The van der Waals surface area contributed by atoms with E-state index in [9.17, 15) is 4.79 Å². The van der Waals surface area contributed by atoms with Crippen molar-refractivity contribution in [1.82, 2.24) is 29.9 Å². The Balaban J connectivity index is 1.71. The summed E-state index contributed by atoms with van der Waals surface area (Å²) in [6.07, 6.45) is 1.76. The maximum Gasteiger partial charge on any atom is 0.252 e. The van der Waals surface area contributed by atoms with Gasteiger partial charge in [-0.25, -0.2) is 9.67 Å². The van der Waals surface area contributed by atoms with Gasteiger partial charge in [0.1, 0.15) is 0 Å². The standard InChI is InChI=1S/C23H26N6O/c1-5-28-22-21(17(4)27-28)19(14-20(26-22)18-8-6-15(2)7-9-18)23(30)24-12-13-29-16(3)10-11-25-29/h6-11,14H,5,12-13H2,1-4H3,(H,24,30). The number of aromatic nitrogens is 5. The molecule has 0 unspecified atom stereocenters. The fourth-order valence-corrected chi connectivity index (χ4v) is 3.63. The van der Waals surface area contributed by atoms with Crippen molar-refractivity contribution in [3.63, 3.8) is 0 Å². The van der Waals surface area contributed by atoms with Crippen LogP contribution in [0.2, 0.25) is 0 Å². The molecule has 0 saturated carbocycles. The molecule has 30 heavy (non-hydrogen) atoms. The predicted molar refractivity (Wildman–Crippen MR) is 117 cm³/mol. The molecule has 1 aromatic carbocycles. The molecular formula is C23H26N6O. The first kappa shape index (κ1) is 19.8. The van der Waals surface area contributed by atoms with Crippen LogP contribution in [0.1, 0.15) is 34.2 Å². The Morgan fingerprint density at radius 2 is 1.83 bits per heavy atom. The zero-order valence-corrected chi connectivity index (χ0v) is 17.8. The highest BCUT2D eigenvalue weighted by Crippen LogP contribution is 2.27. The molecule has 0 saturated heterocycles. The van der Waals surface area contributed by atoms with Crippen molar-refractivity contribution >= 4 is 16.9 Å². The summed E-state index contributed by atoms with van der Waals surface area (Å²) in [5.74, 6) is -0.126. The molecule has 1 amide bonds. The molecule has 0 atom stereocenters. The quantitative estimate of drug-likeness (QED) is 0.534. The highest BCUT2D eigenvalue weighted by molar-refractivity contribution is 6.07. The third-order valence-electron chi connectivity index (χ3n) is 5.31. The number of nitrogens with zero attached hydrogens (tertiary/aromatic N) is 5. The van der Waals surface area contributed by atoms with Crippen LogP contribution in [0.3, 0.4) is 0 Å². The molecule has 0 aliphatic heterocycles. The van der Waals surface area contributed by atoms with Crippen molar-refractivity contribution in [2.24, 2.45) is 0 Å². The molecule has 7 heteroatoms. The summed E-state index contributed by atoms with van der Waals surface area (Å²) in [5, 5.41) is 12.7. The number of rotatable bonds is 6. The maximum absolute atomic E-state index is 13.2. The molecule has 0 radical (unpaired) electrons. The van der Waals surface area contributed by atoms with E-state index < -0.39 is 0 Å². The molecule has 7 nitrogen and oxygen atoms in total. The first-order valence-corrected chi connectivity index (χ1v) is 10.2. The number of hydrogen-bond acceptors (Lipinski definition) is 4. The van der Waals surface area contributed by atoms with Gasteiger partial charge >= 0.3 is 0 Å². The van der Waals surface area contributed by atoms with Crippen LogP contribution in [0.5, 0.6) is 0 Å². The van der Waals surface area contributed by atoms with Crippen LogP contribution in [0.25, 0.3) is 22.3 Å². The molecule has 0 aliphatic carbocycles. The fourth-order valence-electron chi connectivity index (χ4n) is 3.63. The molecule has 154 valence electrons. The molecule has 3 heterocycles. The number of hydrogen-bond donors (Lipinski definition) is 1. The lowest BCUT2D eigenvalue weighted by Gasteiger charge is -2.10. The maximum atomic E-state index is 13.2. The summed E-state index contributed by atoms with van der Waals surface area (Å²) >= 11 is 0. The molecule has 0 fully saturated rings. The normalized spacial score (nSPS) is 11.2. The Kier molecular flexibility index (Phi) is 5.35. The lowest BCUT2D eigenvalue weighted by molar-refractivity contribution is 0.0953. The lowest BCUT2D eigenvalue weighted by atomic mass is 10.0. The summed E-state index contributed by atoms with van der Waals surface area (Å²) in [6.45, 7) is 9.80. The van der Waals surface area contributed by atoms with E-state index in [-0.39, 0.29) is 5.91 Å². The summed E-state index contributed by atoms with van der Waals surface area (Å²) in [5.41, 5.74) is 6.14. The van der Waals surface area contributed by atoms with E-state index >= 15 is 0 Å². The lowest BCUT2D eigenvalue weighted by Crippen LogP contribution is -2.28. The number of pyridine rings is 1. The SMILES string of the molecule is CCn1nc(C)c2c(C(=O)NCCn3nccc3C)cc(-c3ccc(C)cc3)nc21. The fraction of sp³-hybridized carbons (Fsp3) is 0.304. The number of fused-ring (bicyclic) bond motifs is 1. The Morgan fingerprint density at radius 1 is 1.07 bits per heavy atom. The summed E-state index contributed by atoms with van der Waals surface area (Å²) < 4.78 is 3.73. The third-order valence-corrected chi connectivity index (χ3v) is 5.31. The molecule has 0 bridgehead atoms. The van der Waals surface area contributed by atoms with Crippen LogP contribution < -0.4 is 5.32 Å². The van der Waals surface area contributed by atoms with E-state index in [1.807, 2.05) is 54.4 Å². The van der Waals surface area contributed by atoms with Crippen molar-refractivity contribution in [2.75, 3.05) is 6.54 Å². The predicted octanol–water partition coefficient (Wildman–Crippen LogP) is 3.67. The molecule has 4 aromatic rings. The molecule has 0 spiro atoms. The van der Waals surface area contributed by atoms with Gasteiger partial charge < -0.3 is 5.32 Å².